The van der Waals surface area contributed by atoms with Gasteiger partial charge < -0.3 is 15.8 Å². The van der Waals surface area contributed by atoms with E-state index in [0.29, 0.717) is 19.2 Å². The minimum Gasteiger partial charge on any atom is -0.492 e. The molecular weight excluding hydrogens is 252 g/mol. The van der Waals surface area contributed by atoms with E-state index in [4.69, 9.17) is 10.5 Å². The van der Waals surface area contributed by atoms with Gasteiger partial charge in [-0.15, -0.1) is 0 Å². The zero-order chi connectivity index (χ0) is 13.7. The standard InChI is InChI=1S/C13H13F2N3O/c14-10-8-11(15)13(18-12(10)16)17-6-7-19-9-4-2-1-3-5-9/h1-5,8H,6-7H2,(H3,16,17,18). The highest BCUT2D eigenvalue weighted by Crippen LogP contribution is 2.16. The first-order chi connectivity index (χ1) is 9.16. The van der Waals surface area contributed by atoms with Gasteiger partial charge in [0.25, 0.3) is 0 Å². The average Bonchev–Trinajstić information content (AvgIpc) is 2.41. The Morgan fingerprint density at radius 1 is 1.16 bits per heavy atom. The fourth-order valence-corrected chi connectivity index (χ4v) is 1.46. The zero-order valence-corrected chi connectivity index (χ0v) is 10.1. The first-order valence-corrected chi connectivity index (χ1v) is 5.70. The summed E-state index contributed by atoms with van der Waals surface area (Å²) in [6, 6.07) is 9.91. The van der Waals surface area contributed by atoms with Gasteiger partial charge in [-0.3, -0.25) is 0 Å². The summed E-state index contributed by atoms with van der Waals surface area (Å²) in [7, 11) is 0. The number of rotatable bonds is 5. The van der Waals surface area contributed by atoms with Crippen molar-refractivity contribution < 1.29 is 13.5 Å². The molecule has 6 heteroatoms. The molecular formula is C13H13F2N3O. The molecule has 0 spiro atoms. The van der Waals surface area contributed by atoms with Gasteiger partial charge in [-0.1, -0.05) is 18.2 Å². The fraction of sp³-hybridized carbons (Fsp3) is 0.154. The molecule has 4 nitrogen and oxygen atoms in total. The third-order valence-electron chi connectivity index (χ3n) is 2.36. The van der Waals surface area contributed by atoms with Crippen LogP contribution < -0.4 is 15.8 Å². The van der Waals surface area contributed by atoms with Crippen LogP contribution in [-0.4, -0.2) is 18.1 Å². The van der Waals surface area contributed by atoms with Gasteiger partial charge in [0.2, 0.25) is 0 Å². The van der Waals surface area contributed by atoms with E-state index in [-0.39, 0.29) is 11.6 Å². The molecule has 0 bridgehead atoms. The number of pyridine rings is 1. The van der Waals surface area contributed by atoms with Crippen molar-refractivity contribution in [2.45, 2.75) is 0 Å². The highest BCUT2D eigenvalue weighted by atomic mass is 19.1. The monoisotopic (exact) mass is 265 g/mol. The minimum absolute atomic E-state index is 0.0874. The van der Waals surface area contributed by atoms with E-state index in [0.717, 1.165) is 5.75 Å². The first kappa shape index (κ1) is 13.1. The maximum Gasteiger partial charge on any atom is 0.168 e. The van der Waals surface area contributed by atoms with Gasteiger partial charge >= 0.3 is 0 Å². The van der Waals surface area contributed by atoms with Crippen LogP contribution in [0.2, 0.25) is 0 Å². The van der Waals surface area contributed by atoms with Crippen molar-refractivity contribution in [2.24, 2.45) is 0 Å². The lowest BCUT2D eigenvalue weighted by Gasteiger charge is -2.09. The Morgan fingerprint density at radius 2 is 1.89 bits per heavy atom. The van der Waals surface area contributed by atoms with Gasteiger partial charge in [0.05, 0.1) is 6.54 Å². The molecule has 0 unspecified atom stereocenters. The van der Waals surface area contributed by atoms with Crippen LogP contribution >= 0.6 is 0 Å². The summed E-state index contributed by atoms with van der Waals surface area (Å²) in [4.78, 5) is 3.58. The highest BCUT2D eigenvalue weighted by molar-refractivity contribution is 5.44. The molecule has 1 heterocycles. The van der Waals surface area contributed by atoms with Crippen molar-refractivity contribution in [2.75, 3.05) is 24.2 Å². The van der Waals surface area contributed by atoms with E-state index in [1.807, 2.05) is 30.3 Å². The maximum atomic E-state index is 13.3. The number of aromatic nitrogens is 1. The van der Waals surface area contributed by atoms with Crippen molar-refractivity contribution in [1.82, 2.24) is 4.98 Å². The fourth-order valence-electron chi connectivity index (χ4n) is 1.46. The Hall–Kier alpha value is -2.37. The number of ether oxygens (including phenoxy) is 1. The molecule has 0 atom stereocenters. The Labute approximate surface area is 109 Å². The molecule has 0 saturated heterocycles. The second-order valence-electron chi connectivity index (χ2n) is 3.77. The molecule has 1 aromatic carbocycles. The second-order valence-corrected chi connectivity index (χ2v) is 3.77. The summed E-state index contributed by atoms with van der Waals surface area (Å²) >= 11 is 0. The molecule has 100 valence electrons. The number of nitrogens with zero attached hydrogens (tertiary/aromatic N) is 1. The largest absolute Gasteiger partial charge is 0.492 e. The Morgan fingerprint density at radius 3 is 2.63 bits per heavy atom. The average molecular weight is 265 g/mol. The maximum absolute atomic E-state index is 13.3. The SMILES string of the molecule is Nc1nc(NCCOc2ccccc2)c(F)cc1F. The molecule has 0 saturated carbocycles. The van der Waals surface area contributed by atoms with Crippen LogP contribution in [0, 0.1) is 11.6 Å². The molecule has 0 fully saturated rings. The molecule has 2 rings (SSSR count). The van der Waals surface area contributed by atoms with E-state index in [9.17, 15) is 8.78 Å². The van der Waals surface area contributed by atoms with Crippen LogP contribution in [-0.2, 0) is 0 Å². The molecule has 0 radical (unpaired) electrons. The number of nitrogens with two attached hydrogens (primary N) is 1. The summed E-state index contributed by atoms with van der Waals surface area (Å²) in [5, 5.41) is 2.69. The van der Waals surface area contributed by atoms with E-state index in [2.05, 4.69) is 10.3 Å². The molecule has 0 aliphatic heterocycles. The Balaban J connectivity index is 1.85. The van der Waals surface area contributed by atoms with Crippen LogP contribution in [0.3, 0.4) is 0 Å². The zero-order valence-electron chi connectivity index (χ0n) is 10.1. The lowest BCUT2D eigenvalue weighted by Crippen LogP contribution is -2.14. The van der Waals surface area contributed by atoms with Crippen LogP contribution in [0.15, 0.2) is 36.4 Å². The summed E-state index contributed by atoms with van der Waals surface area (Å²) in [5.74, 6) is -1.37. The van der Waals surface area contributed by atoms with Crippen LogP contribution in [0.1, 0.15) is 0 Å². The van der Waals surface area contributed by atoms with Crippen LogP contribution in [0.4, 0.5) is 20.4 Å². The van der Waals surface area contributed by atoms with E-state index >= 15 is 0 Å². The third-order valence-corrected chi connectivity index (χ3v) is 2.36. The quantitative estimate of drug-likeness (QED) is 0.815. The number of benzene rings is 1. The smallest absolute Gasteiger partial charge is 0.168 e. The highest BCUT2D eigenvalue weighted by Gasteiger charge is 2.08. The molecule has 0 amide bonds. The summed E-state index contributed by atoms with van der Waals surface area (Å²) in [6.07, 6.45) is 0. The lowest BCUT2D eigenvalue weighted by atomic mass is 10.3. The predicted molar refractivity (Wildman–Crippen MR) is 69.0 cm³/mol. The van der Waals surface area contributed by atoms with Crippen molar-refractivity contribution in [1.29, 1.82) is 0 Å². The van der Waals surface area contributed by atoms with Gasteiger partial charge in [0, 0.05) is 6.07 Å². The molecule has 2 aromatic rings. The number of halogens is 2. The first-order valence-electron chi connectivity index (χ1n) is 5.70. The summed E-state index contributed by atoms with van der Waals surface area (Å²) in [6.45, 7) is 0.645. The molecule has 3 N–H and O–H groups in total. The Kier molecular flexibility index (Phi) is 4.12. The topological polar surface area (TPSA) is 60.2 Å². The number of nitrogen functional groups attached to an aromatic ring is 1. The van der Waals surface area contributed by atoms with Crippen molar-refractivity contribution >= 4 is 11.6 Å². The number of para-hydroxylation sites is 1. The lowest BCUT2D eigenvalue weighted by molar-refractivity contribution is 0.332. The van der Waals surface area contributed by atoms with Crippen LogP contribution in [0.5, 0.6) is 5.75 Å². The predicted octanol–water partition coefficient (Wildman–Crippen LogP) is 2.43. The summed E-state index contributed by atoms with van der Waals surface area (Å²) in [5.41, 5.74) is 5.26. The number of hydrogen-bond donors (Lipinski definition) is 2. The normalized spacial score (nSPS) is 10.2. The van der Waals surface area contributed by atoms with E-state index in [1.165, 1.54) is 0 Å². The number of hydrogen-bond acceptors (Lipinski definition) is 4. The van der Waals surface area contributed by atoms with E-state index < -0.39 is 11.6 Å². The van der Waals surface area contributed by atoms with Crippen molar-refractivity contribution in [3.8, 4) is 5.75 Å². The molecule has 19 heavy (non-hydrogen) atoms. The van der Waals surface area contributed by atoms with Gasteiger partial charge in [-0.2, -0.15) is 0 Å². The van der Waals surface area contributed by atoms with Gasteiger partial charge in [-0.25, -0.2) is 13.8 Å². The molecule has 0 aliphatic rings. The summed E-state index contributed by atoms with van der Waals surface area (Å²) < 4.78 is 31.6. The molecule has 0 aliphatic carbocycles. The van der Waals surface area contributed by atoms with Gasteiger partial charge in [0.15, 0.2) is 23.3 Å². The van der Waals surface area contributed by atoms with Crippen LogP contribution in [0.25, 0.3) is 0 Å². The number of nitrogens with one attached hydrogen (secondary N) is 1. The van der Waals surface area contributed by atoms with Crippen molar-refractivity contribution in [3.63, 3.8) is 0 Å². The van der Waals surface area contributed by atoms with E-state index in [1.54, 1.807) is 0 Å². The van der Waals surface area contributed by atoms with Crippen molar-refractivity contribution in [3.05, 3.63) is 48.0 Å². The minimum atomic E-state index is -0.872. The van der Waals surface area contributed by atoms with Gasteiger partial charge in [0.1, 0.15) is 12.4 Å². The van der Waals surface area contributed by atoms with Gasteiger partial charge in [-0.05, 0) is 12.1 Å². The Bertz CT molecular complexity index is 549. The number of anilines is 2. The second kappa shape index (κ2) is 5.99. The third kappa shape index (κ3) is 3.54. The molecule has 1 aromatic heterocycles.